The van der Waals surface area contributed by atoms with E-state index in [2.05, 4.69) is 0 Å². The van der Waals surface area contributed by atoms with Gasteiger partial charge in [-0.2, -0.15) is 0 Å². The lowest BCUT2D eigenvalue weighted by Gasteiger charge is -2.32. The van der Waals surface area contributed by atoms with Gasteiger partial charge in [-0.25, -0.2) is 0 Å². The third kappa shape index (κ3) is 6.96. The van der Waals surface area contributed by atoms with Gasteiger partial charge in [-0.1, -0.05) is 12.1 Å². The number of hydrogen-bond donors (Lipinski definition) is 0. The SMILES string of the molecule is CCOC(=O)[C@@H]1CCCN(C(=O)CCCN2C(=O)COc3ccc(C(=O)COc4cc(C)ccc4C)cc32)C1. The standard InChI is InChI=1S/C30H36N2O7/c1-4-37-30(36)23-7-5-13-31(17-23)28(34)8-6-14-32-24-16-22(11-12-26(24)39-19-29(32)35)25(33)18-38-27-15-20(2)9-10-21(27)3/h9-12,15-16,23H,4-8,13-14,17-19H2,1-3H3/t23-/m1/s1. The smallest absolute Gasteiger partial charge is 0.310 e. The lowest BCUT2D eigenvalue weighted by Crippen LogP contribution is -2.43. The van der Waals surface area contributed by atoms with Gasteiger partial charge >= 0.3 is 5.97 Å². The average Bonchev–Trinajstić information content (AvgIpc) is 2.94. The molecule has 4 rings (SSSR count). The van der Waals surface area contributed by atoms with E-state index in [1.807, 2.05) is 32.0 Å². The molecule has 2 aromatic carbocycles. The first-order valence-corrected chi connectivity index (χ1v) is 13.5. The number of carbonyl (C=O) groups is 4. The monoisotopic (exact) mass is 536 g/mol. The topological polar surface area (TPSA) is 102 Å². The molecular formula is C30H36N2O7. The molecule has 2 aliphatic rings. The summed E-state index contributed by atoms with van der Waals surface area (Å²) in [6.07, 6.45) is 2.17. The number of anilines is 1. The van der Waals surface area contributed by atoms with Crippen molar-refractivity contribution in [1.29, 1.82) is 0 Å². The molecule has 0 bridgehead atoms. The second-order valence-corrected chi connectivity index (χ2v) is 10.0. The maximum atomic E-state index is 12.9. The normalized spacial score (nSPS) is 16.8. The predicted molar refractivity (Wildman–Crippen MR) is 145 cm³/mol. The minimum atomic E-state index is -0.287. The van der Waals surface area contributed by atoms with E-state index in [4.69, 9.17) is 14.2 Å². The number of benzene rings is 2. The number of esters is 1. The Labute approximate surface area is 229 Å². The predicted octanol–water partition coefficient (Wildman–Crippen LogP) is 3.87. The van der Waals surface area contributed by atoms with E-state index in [0.717, 1.165) is 24.0 Å². The average molecular weight is 537 g/mol. The molecule has 0 aliphatic carbocycles. The second-order valence-electron chi connectivity index (χ2n) is 10.0. The number of Topliss-reactive ketones (excluding diaryl/α,β-unsaturated/α-hetero) is 1. The van der Waals surface area contributed by atoms with Crippen molar-refractivity contribution in [2.24, 2.45) is 5.92 Å². The molecule has 0 unspecified atom stereocenters. The van der Waals surface area contributed by atoms with Crippen LogP contribution in [0.4, 0.5) is 5.69 Å². The van der Waals surface area contributed by atoms with Crippen molar-refractivity contribution in [2.75, 3.05) is 44.4 Å². The van der Waals surface area contributed by atoms with Gasteiger partial charge in [-0.3, -0.25) is 19.2 Å². The Balaban J connectivity index is 1.36. The summed E-state index contributed by atoms with van der Waals surface area (Å²) in [5.41, 5.74) is 2.91. The number of fused-ring (bicyclic) bond motifs is 1. The van der Waals surface area contributed by atoms with Crippen LogP contribution in [-0.4, -0.2) is 67.9 Å². The Hall–Kier alpha value is -3.88. The fourth-order valence-electron chi connectivity index (χ4n) is 4.91. The molecule has 1 saturated heterocycles. The first-order chi connectivity index (χ1) is 18.8. The molecule has 1 atom stereocenters. The van der Waals surface area contributed by atoms with Crippen molar-refractivity contribution in [1.82, 2.24) is 4.90 Å². The highest BCUT2D eigenvalue weighted by Crippen LogP contribution is 2.33. The highest BCUT2D eigenvalue weighted by atomic mass is 16.5. The first kappa shape index (κ1) is 28.1. The van der Waals surface area contributed by atoms with Crippen LogP contribution >= 0.6 is 0 Å². The van der Waals surface area contributed by atoms with Crippen molar-refractivity contribution in [3.63, 3.8) is 0 Å². The zero-order valence-corrected chi connectivity index (χ0v) is 22.9. The minimum Gasteiger partial charge on any atom is -0.485 e. The number of amides is 2. The fraction of sp³-hybridized carbons (Fsp3) is 0.467. The zero-order chi connectivity index (χ0) is 27.9. The van der Waals surface area contributed by atoms with Gasteiger partial charge in [-0.05, 0) is 75.4 Å². The summed E-state index contributed by atoms with van der Waals surface area (Å²) in [6.45, 7) is 7.05. The summed E-state index contributed by atoms with van der Waals surface area (Å²) in [4.78, 5) is 53.9. The number of ether oxygens (including phenoxy) is 3. The lowest BCUT2D eigenvalue weighted by atomic mass is 9.98. The van der Waals surface area contributed by atoms with E-state index in [-0.39, 0.29) is 49.1 Å². The third-order valence-corrected chi connectivity index (χ3v) is 7.09. The zero-order valence-electron chi connectivity index (χ0n) is 22.9. The Kier molecular flexibility index (Phi) is 9.22. The summed E-state index contributed by atoms with van der Waals surface area (Å²) in [6, 6.07) is 10.8. The van der Waals surface area contributed by atoms with E-state index in [0.29, 0.717) is 55.4 Å². The van der Waals surface area contributed by atoms with Crippen molar-refractivity contribution in [3.8, 4) is 11.5 Å². The molecule has 2 amide bonds. The molecule has 9 heteroatoms. The van der Waals surface area contributed by atoms with E-state index < -0.39 is 0 Å². The largest absolute Gasteiger partial charge is 0.485 e. The molecule has 0 spiro atoms. The third-order valence-electron chi connectivity index (χ3n) is 7.09. The molecule has 0 aromatic heterocycles. The lowest BCUT2D eigenvalue weighted by molar-refractivity contribution is -0.151. The van der Waals surface area contributed by atoms with Gasteiger partial charge in [0.2, 0.25) is 5.91 Å². The van der Waals surface area contributed by atoms with Crippen molar-refractivity contribution >= 4 is 29.3 Å². The number of hydrogen-bond acceptors (Lipinski definition) is 7. The second kappa shape index (κ2) is 12.8. The number of likely N-dealkylation sites (tertiary alicyclic amines) is 1. The molecule has 1 fully saturated rings. The number of rotatable bonds is 10. The van der Waals surface area contributed by atoms with Crippen molar-refractivity contribution < 1.29 is 33.4 Å². The number of aryl methyl sites for hydroxylation is 2. The van der Waals surface area contributed by atoms with Gasteiger partial charge in [-0.15, -0.1) is 0 Å². The fourth-order valence-corrected chi connectivity index (χ4v) is 4.91. The van der Waals surface area contributed by atoms with Crippen LogP contribution in [0.1, 0.15) is 54.1 Å². The Morgan fingerprint density at radius 3 is 2.72 bits per heavy atom. The minimum absolute atomic E-state index is 0.0440. The Bertz CT molecular complexity index is 1240. The quantitative estimate of drug-likeness (QED) is 0.336. The maximum Gasteiger partial charge on any atom is 0.310 e. The maximum absolute atomic E-state index is 12.9. The molecule has 2 aliphatic heterocycles. The molecule has 2 aromatic rings. The van der Waals surface area contributed by atoms with Crippen LogP contribution in [-0.2, 0) is 19.1 Å². The van der Waals surface area contributed by atoms with Crippen molar-refractivity contribution in [2.45, 2.75) is 46.5 Å². The van der Waals surface area contributed by atoms with E-state index >= 15 is 0 Å². The Morgan fingerprint density at radius 1 is 1.10 bits per heavy atom. The highest BCUT2D eigenvalue weighted by molar-refractivity contribution is 6.02. The van der Waals surface area contributed by atoms with Crippen molar-refractivity contribution in [3.05, 3.63) is 53.1 Å². The highest BCUT2D eigenvalue weighted by Gasteiger charge is 2.30. The molecule has 0 N–H and O–H groups in total. The summed E-state index contributed by atoms with van der Waals surface area (Å²) >= 11 is 0. The number of carbonyl (C=O) groups excluding carboxylic acids is 4. The molecule has 2 heterocycles. The summed E-state index contributed by atoms with van der Waals surface area (Å²) in [5, 5.41) is 0. The Morgan fingerprint density at radius 2 is 1.92 bits per heavy atom. The molecular weight excluding hydrogens is 500 g/mol. The van der Waals surface area contributed by atoms with Gasteiger partial charge < -0.3 is 24.0 Å². The summed E-state index contributed by atoms with van der Waals surface area (Å²) in [7, 11) is 0. The first-order valence-electron chi connectivity index (χ1n) is 13.5. The van der Waals surface area contributed by atoms with Crippen LogP contribution in [0.5, 0.6) is 11.5 Å². The van der Waals surface area contributed by atoms with Crippen LogP contribution in [0.25, 0.3) is 0 Å². The van der Waals surface area contributed by atoms with E-state index in [1.54, 1.807) is 34.9 Å². The van der Waals surface area contributed by atoms with Crippen LogP contribution < -0.4 is 14.4 Å². The molecule has 0 radical (unpaired) electrons. The van der Waals surface area contributed by atoms with Gasteiger partial charge in [0.15, 0.2) is 19.0 Å². The van der Waals surface area contributed by atoms with Crippen LogP contribution in [0.2, 0.25) is 0 Å². The van der Waals surface area contributed by atoms with Gasteiger partial charge in [0, 0.05) is 31.6 Å². The van der Waals surface area contributed by atoms with E-state index in [1.165, 1.54) is 0 Å². The molecule has 9 nitrogen and oxygen atoms in total. The summed E-state index contributed by atoms with van der Waals surface area (Å²) < 4.78 is 16.5. The van der Waals surface area contributed by atoms with Crippen LogP contribution in [0, 0.1) is 19.8 Å². The van der Waals surface area contributed by atoms with Gasteiger partial charge in [0.1, 0.15) is 11.5 Å². The summed E-state index contributed by atoms with van der Waals surface area (Å²) in [5.74, 6) is 0.145. The number of piperidine rings is 1. The molecule has 0 saturated carbocycles. The van der Waals surface area contributed by atoms with Gasteiger partial charge in [0.05, 0.1) is 18.2 Å². The molecule has 208 valence electrons. The molecule has 39 heavy (non-hydrogen) atoms. The number of nitrogens with zero attached hydrogens (tertiary/aromatic N) is 2. The van der Waals surface area contributed by atoms with Gasteiger partial charge in [0.25, 0.3) is 5.91 Å². The number of ketones is 1. The van der Waals surface area contributed by atoms with Crippen LogP contribution in [0.3, 0.4) is 0 Å². The van der Waals surface area contributed by atoms with Crippen LogP contribution in [0.15, 0.2) is 36.4 Å². The van der Waals surface area contributed by atoms with E-state index in [9.17, 15) is 19.2 Å².